The van der Waals surface area contributed by atoms with Gasteiger partial charge in [0.15, 0.2) is 6.61 Å². The molecule has 0 aliphatic rings. The van der Waals surface area contributed by atoms with Crippen molar-refractivity contribution in [3.63, 3.8) is 0 Å². The predicted octanol–water partition coefficient (Wildman–Crippen LogP) is 7.19. The summed E-state index contributed by atoms with van der Waals surface area (Å²) in [4.78, 5) is 12.5. The number of halogens is 3. The van der Waals surface area contributed by atoms with Gasteiger partial charge in [-0.2, -0.15) is 13.2 Å². The van der Waals surface area contributed by atoms with Crippen molar-refractivity contribution in [2.24, 2.45) is 0 Å². The zero-order valence-electron chi connectivity index (χ0n) is 21.2. The molecule has 0 unspecified atom stereocenters. The minimum absolute atomic E-state index is 0.159. The second-order valence-corrected chi connectivity index (χ2v) is 9.10. The van der Waals surface area contributed by atoms with Crippen LogP contribution in [0.1, 0.15) is 29.2 Å². The number of carbonyl (C=O) groups is 1. The molecule has 3 aromatic carbocycles. The van der Waals surface area contributed by atoms with Gasteiger partial charge in [-0.05, 0) is 79.6 Å². The summed E-state index contributed by atoms with van der Waals surface area (Å²) in [5, 5.41) is 0. The molecular weight excluding hydrogens is 513 g/mol. The summed E-state index contributed by atoms with van der Waals surface area (Å²) < 4.78 is 54.7. The van der Waals surface area contributed by atoms with Crippen molar-refractivity contribution < 1.29 is 32.2 Å². The normalized spacial score (nSPS) is 11.4. The van der Waals surface area contributed by atoms with Crippen molar-refractivity contribution in [2.45, 2.75) is 24.9 Å². The molecule has 8 heteroatoms. The quantitative estimate of drug-likeness (QED) is 0.163. The number of benzene rings is 3. The maximum absolute atomic E-state index is 13.0. The van der Waals surface area contributed by atoms with Crippen LogP contribution in [0.15, 0.2) is 77.7 Å². The number of rotatable bonds is 9. The van der Waals surface area contributed by atoms with Crippen molar-refractivity contribution in [1.29, 1.82) is 0 Å². The smallest absolute Gasteiger partial charge is 0.416 e. The molecule has 0 aliphatic heterocycles. The lowest BCUT2D eigenvalue weighted by Gasteiger charge is -2.10. The van der Waals surface area contributed by atoms with E-state index in [4.69, 9.17) is 14.2 Å². The molecule has 4 nitrogen and oxygen atoms in total. The number of alkyl halides is 3. The summed E-state index contributed by atoms with van der Waals surface area (Å²) in [6, 6.07) is 17.8. The molecule has 0 aliphatic carbocycles. The minimum atomic E-state index is -4.41. The van der Waals surface area contributed by atoms with Crippen LogP contribution in [0.25, 0.3) is 5.57 Å². The van der Waals surface area contributed by atoms with Crippen LogP contribution in [-0.2, 0) is 15.7 Å². The molecule has 0 atom stereocenters. The van der Waals surface area contributed by atoms with Gasteiger partial charge in [-0.1, -0.05) is 30.0 Å². The number of carbonyl (C=O) groups excluding carboxylic acids is 1. The SMILES string of the molecule is CCOC(=O)COc1ccc(SC/C=C(\C#Cc2ccc(OC)cc2)c2ccc(C(F)(F)F)cc2)cc1C. The lowest BCUT2D eigenvalue weighted by Crippen LogP contribution is -2.14. The molecule has 0 bridgehead atoms. The van der Waals surface area contributed by atoms with Crippen LogP contribution >= 0.6 is 11.8 Å². The van der Waals surface area contributed by atoms with Crippen LogP contribution in [0, 0.1) is 18.8 Å². The lowest BCUT2D eigenvalue weighted by atomic mass is 10.0. The topological polar surface area (TPSA) is 44.8 Å². The van der Waals surface area contributed by atoms with E-state index in [1.807, 2.05) is 37.3 Å². The van der Waals surface area contributed by atoms with Gasteiger partial charge in [-0.15, -0.1) is 11.8 Å². The zero-order valence-corrected chi connectivity index (χ0v) is 22.0. The Bertz CT molecular complexity index is 1320. The third-order valence-corrected chi connectivity index (χ3v) is 6.21. The highest BCUT2D eigenvalue weighted by Gasteiger charge is 2.30. The van der Waals surface area contributed by atoms with E-state index in [2.05, 4.69) is 11.8 Å². The summed E-state index contributed by atoms with van der Waals surface area (Å²) in [6.45, 7) is 3.75. The Morgan fingerprint density at radius 1 is 1.03 bits per heavy atom. The van der Waals surface area contributed by atoms with Gasteiger partial charge in [0.2, 0.25) is 0 Å². The second kappa shape index (κ2) is 13.6. The Morgan fingerprint density at radius 3 is 2.34 bits per heavy atom. The maximum Gasteiger partial charge on any atom is 0.416 e. The van der Waals surface area contributed by atoms with Crippen LogP contribution in [0.4, 0.5) is 13.2 Å². The number of ether oxygens (including phenoxy) is 3. The fraction of sp³-hybridized carbons (Fsp3) is 0.233. The molecule has 0 aromatic heterocycles. The molecule has 0 fully saturated rings. The summed E-state index contributed by atoms with van der Waals surface area (Å²) in [6.07, 6.45) is -2.51. The highest BCUT2D eigenvalue weighted by molar-refractivity contribution is 7.99. The molecule has 38 heavy (non-hydrogen) atoms. The van der Waals surface area contributed by atoms with E-state index < -0.39 is 17.7 Å². The Kier molecular flexibility index (Phi) is 10.3. The monoisotopic (exact) mass is 540 g/mol. The van der Waals surface area contributed by atoms with E-state index in [1.165, 1.54) is 12.1 Å². The van der Waals surface area contributed by atoms with E-state index in [1.54, 1.807) is 44.0 Å². The number of hydrogen-bond donors (Lipinski definition) is 0. The van der Waals surface area contributed by atoms with Gasteiger partial charge in [0, 0.05) is 21.8 Å². The Morgan fingerprint density at radius 2 is 1.74 bits per heavy atom. The van der Waals surface area contributed by atoms with E-state index in [0.717, 1.165) is 28.2 Å². The number of allylic oxidation sites excluding steroid dienone is 1. The van der Waals surface area contributed by atoms with Gasteiger partial charge in [-0.25, -0.2) is 4.79 Å². The van der Waals surface area contributed by atoms with Crippen molar-refractivity contribution >= 4 is 23.3 Å². The molecule has 0 saturated heterocycles. The number of thioether (sulfide) groups is 1. The first-order chi connectivity index (χ1) is 18.2. The van der Waals surface area contributed by atoms with Gasteiger partial charge >= 0.3 is 12.1 Å². The fourth-order valence-corrected chi connectivity index (χ4v) is 4.19. The molecule has 0 heterocycles. The van der Waals surface area contributed by atoms with Crippen LogP contribution in [0.3, 0.4) is 0 Å². The van der Waals surface area contributed by atoms with Crippen molar-refractivity contribution in [3.8, 4) is 23.3 Å². The first-order valence-corrected chi connectivity index (χ1v) is 12.7. The minimum Gasteiger partial charge on any atom is -0.497 e. The van der Waals surface area contributed by atoms with E-state index in [-0.39, 0.29) is 6.61 Å². The largest absolute Gasteiger partial charge is 0.497 e. The van der Waals surface area contributed by atoms with Crippen molar-refractivity contribution in [1.82, 2.24) is 0 Å². The summed E-state index contributed by atoms with van der Waals surface area (Å²) in [5.74, 6) is 7.59. The van der Waals surface area contributed by atoms with Gasteiger partial charge in [0.05, 0.1) is 19.3 Å². The summed E-state index contributed by atoms with van der Waals surface area (Å²) >= 11 is 1.54. The lowest BCUT2D eigenvalue weighted by molar-refractivity contribution is -0.145. The molecule has 3 rings (SSSR count). The molecular formula is C30H27F3O4S. The van der Waals surface area contributed by atoms with Crippen LogP contribution < -0.4 is 9.47 Å². The van der Waals surface area contributed by atoms with Crippen molar-refractivity contribution in [2.75, 3.05) is 26.1 Å². The van der Waals surface area contributed by atoms with E-state index >= 15 is 0 Å². The highest BCUT2D eigenvalue weighted by atomic mass is 32.2. The Hall–Kier alpha value is -3.83. The fourth-order valence-electron chi connectivity index (χ4n) is 3.33. The number of esters is 1. The van der Waals surface area contributed by atoms with Gasteiger partial charge in [0.25, 0.3) is 0 Å². The van der Waals surface area contributed by atoms with Crippen LogP contribution in [0.5, 0.6) is 11.5 Å². The van der Waals surface area contributed by atoms with E-state index in [0.29, 0.717) is 35.0 Å². The zero-order chi connectivity index (χ0) is 27.5. The average molecular weight is 541 g/mol. The second-order valence-electron chi connectivity index (χ2n) is 8.00. The third kappa shape index (κ3) is 8.63. The van der Waals surface area contributed by atoms with Crippen LogP contribution in [-0.4, -0.2) is 32.0 Å². The first kappa shape index (κ1) is 28.7. The molecule has 3 aromatic rings. The first-order valence-electron chi connectivity index (χ1n) is 11.8. The predicted molar refractivity (Wildman–Crippen MR) is 143 cm³/mol. The average Bonchev–Trinajstić information content (AvgIpc) is 2.90. The molecule has 0 N–H and O–H groups in total. The highest BCUT2D eigenvalue weighted by Crippen LogP contribution is 2.31. The standard InChI is InChI=1S/C30H27F3O4S/c1-4-36-29(34)20-37-28-16-15-27(19-21(28)2)38-18-17-24(8-5-22-6-13-26(35-3)14-7-22)23-9-11-25(12-10-23)30(31,32)33/h6-7,9-17,19H,4,18,20H2,1-3H3/b24-17+. The Balaban J connectivity index is 1.77. The summed E-state index contributed by atoms with van der Waals surface area (Å²) in [7, 11) is 1.58. The van der Waals surface area contributed by atoms with Gasteiger partial charge in [0.1, 0.15) is 11.5 Å². The van der Waals surface area contributed by atoms with E-state index in [9.17, 15) is 18.0 Å². The summed E-state index contributed by atoms with van der Waals surface area (Å²) in [5.41, 5.74) is 2.13. The molecule has 0 amide bonds. The van der Waals surface area contributed by atoms with Crippen molar-refractivity contribution in [3.05, 3.63) is 95.1 Å². The molecule has 0 spiro atoms. The molecule has 0 radical (unpaired) electrons. The molecule has 198 valence electrons. The maximum atomic E-state index is 13.0. The van der Waals surface area contributed by atoms with Gasteiger partial charge in [-0.3, -0.25) is 0 Å². The number of aryl methyl sites for hydroxylation is 1. The Labute approximate surface area is 224 Å². The number of hydrogen-bond acceptors (Lipinski definition) is 5. The number of methoxy groups -OCH3 is 1. The van der Waals surface area contributed by atoms with Gasteiger partial charge < -0.3 is 14.2 Å². The molecule has 0 saturated carbocycles. The third-order valence-electron chi connectivity index (χ3n) is 5.29. The van der Waals surface area contributed by atoms with Crippen LogP contribution in [0.2, 0.25) is 0 Å².